The van der Waals surface area contributed by atoms with E-state index in [4.69, 9.17) is 4.74 Å². The number of carbonyl (C=O) groups excluding carboxylic acids is 2. The number of halogens is 1. The Balaban J connectivity index is 1.55. The summed E-state index contributed by atoms with van der Waals surface area (Å²) in [7, 11) is 0. The summed E-state index contributed by atoms with van der Waals surface area (Å²) in [6.07, 6.45) is 0.755. The number of hydrogen-bond acceptors (Lipinski definition) is 4. The summed E-state index contributed by atoms with van der Waals surface area (Å²) < 4.78 is 20.0. The van der Waals surface area contributed by atoms with Crippen molar-refractivity contribution >= 4 is 23.2 Å². The van der Waals surface area contributed by atoms with Crippen molar-refractivity contribution in [1.29, 1.82) is 0 Å². The Morgan fingerprint density at radius 3 is 2.71 bits per heavy atom. The topological polar surface area (TPSA) is 49.9 Å². The van der Waals surface area contributed by atoms with Crippen molar-refractivity contribution in [3.63, 3.8) is 0 Å². The van der Waals surface area contributed by atoms with Gasteiger partial charge in [-0.15, -0.1) is 11.3 Å². The minimum atomic E-state index is -0.432. The molecule has 0 saturated carbocycles. The van der Waals surface area contributed by atoms with Crippen molar-refractivity contribution < 1.29 is 18.7 Å². The van der Waals surface area contributed by atoms with Gasteiger partial charge in [-0.3, -0.25) is 9.59 Å². The van der Waals surface area contributed by atoms with Crippen LogP contribution in [0.5, 0.6) is 5.75 Å². The third-order valence-electron chi connectivity index (χ3n) is 6.11. The molecule has 0 fully saturated rings. The van der Waals surface area contributed by atoms with E-state index in [2.05, 4.69) is 0 Å². The Morgan fingerprint density at radius 1 is 1.17 bits per heavy atom. The quantitative estimate of drug-likeness (QED) is 0.416. The molecule has 0 aliphatic carbocycles. The van der Waals surface area contributed by atoms with Crippen LogP contribution in [-0.2, 0) is 11.2 Å². The van der Waals surface area contributed by atoms with Crippen LogP contribution in [0.2, 0.25) is 0 Å². The summed E-state index contributed by atoms with van der Waals surface area (Å²) in [4.78, 5) is 31.6. The van der Waals surface area contributed by atoms with E-state index in [-0.39, 0.29) is 42.7 Å². The molecule has 0 spiro atoms. The van der Waals surface area contributed by atoms with Gasteiger partial charge in [0.15, 0.2) is 11.6 Å². The highest BCUT2D eigenvalue weighted by atomic mass is 32.1. The number of para-hydroxylation sites is 1. The second kappa shape index (κ2) is 11.0. The molecule has 0 unspecified atom stereocenters. The molecule has 7 heteroatoms. The van der Waals surface area contributed by atoms with E-state index in [1.165, 1.54) is 10.9 Å². The fourth-order valence-corrected chi connectivity index (χ4v) is 5.41. The molecular formula is C28H31FN2O3S. The Morgan fingerprint density at radius 2 is 1.97 bits per heavy atom. The van der Waals surface area contributed by atoms with Crippen molar-refractivity contribution in [3.8, 4) is 5.75 Å². The molecule has 184 valence electrons. The lowest BCUT2D eigenvalue weighted by Gasteiger charge is -2.37. The lowest BCUT2D eigenvalue weighted by molar-refractivity contribution is -0.135. The van der Waals surface area contributed by atoms with Gasteiger partial charge in [0.1, 0.15) is 13.2 Å². The van der Waals surface area contributed by atoms with Crippen LogP contribution in [0.15, 0.2) is 60.0 Å². The lowest BCUT2D eigenvalue weighted by Crippen LogP contribution is -2.48. The Hall–Kier alpha value is -3.19. The maximum absolute atomic E-state index is 14.2. The molecule has 0 radical (unpaired) electrons. The van der Waals surface area contributed by atoms with Crippen molar-refractivity contribution in [1.82, 2.24) is 9.80 Å². The standard InChI is InChI=1S/C28H31FN2O3S/c1-19(2)16-30(28(33)21-8-6-7-20(3)15-21)17-27(32)31-13-11-26-22(12-14-35-26)24(31)18-34-25-10-5-4-9-23(25)29/h4-10,12,14-15,19,24H,11,13,16-18H2,1-3H3/t24-/m1/s1. The monoisotopic (exact) mass is 494 g/mol. The SMILES string of the molecule is Cc1cccc(C(=O)N(CC(=O)N2CCc3sccc3[C@H]2COc2ccccc2F)CC(C)C)c1. The Kier molecular flexibility index (Phi) is 7.86. The second-order valence-electron chi connectivity index (χ2n) is 9.34. The van der Waals surface area contributed by atoms with E-state index >= 15 is 0 Å². The molecule has 1 aliphatic heterocycles. The average Bonchev–Trinajstić information content (AvgIpc) is 3.31. The minimum absolute atomic E-state index is 0.0133. The molecule has 1 atom stereocenters. The summed E-state index contributed by atoms with van der Waals surface area (Å²) in [6.45, 7) is 7.15. The fourth-order valence-electron chi connectivity index (χ4n) is 4.48. The molecule has 2 heterocycles. The van der Waals surface area contributed by atoms with Crippen LogP contribution in [-0.4, -0.2) is 47.9 Å². The van der Waals surface area contributed by atoms with Crippen LogP contribution >= 0.6 is 11.3 Å². The van der Waals surface area contributed by atoms with Gasteiger partial charge in [0.2, 0.25) is 5.91 Å². The van der Waals surface area contributed by atoms with Crippen LogP contribution in [0.4, 0.5) is 4.39 Å². The molecule has 3 aromatic rings. The molecule has 2 aromatic carbocycles. The zero-order valence-corrected chi connectivity index (χ0v) is 21.2. The summed E-state index contributed by atoms with van der Waals surface area (Å²) in [5.41, 5.74) is 2.61. The van der Waals surface area contributed by atoms with Crippen LogP contribution in [0, 0.1) is 18.7 Å². The molecule has 2 amide bonds. The number of aryl methyl sites for hydroxylation is 1. The van der Waals surface area contributed by atoms with Crippen molar-refractivity contribution in [2.24, 2.45) is 5.92 Å². The number of ether oxygens (including phenoxy) is 1. The number of benzene rings is 2. The molecule has 4 rings (SSSR count). The molecule has 1 aromatic heterocycles. The van der Waals surface area contributed by atoms with Gasteiger partial charge in [0.25, 0.3) is 5.91 Å². The summed E-state index contributed by atoms with van der Waals surface area (Å²) in [5.74, 6) is -0.341. The number of fused-ring (bicyclic) bond motifs is 1. The van der Waals surface area contributed by atoms with Crippen LogP contribution in [0.25, 0.3) is 0 Å². The molecule has 0 bridgehead atoms. The first kappa shape index (κ1) is 24.9. The number of thiophene rings is 1. The number of rotatable bonds is 8. The minimum Gasteiger partial charge on any atom is -0.488 e. The third kappa shape index (κ3) is 5.90. The van der Waals surface area contributed by atoms with Gasteiger partial charge in [-0.2, -0.15) is 0 Å². The molecule has 5 nitrogen and oxygen atoms in total. The highest BCUT2D eigenvalue weighted by Crippen LogP contribution is 2.34. The fraction of sp³-hybridized carbons (Fsp3) is 0.357. The molecule has 1 aliphatic rings. The normalized spacial score (nSPS) is 15.1. The van der Waals surface area contributed by atoms with Gasteiger partial charge >= 0.3 is 0 Å². The predicted molar refractivity (Wildman–Crippen MR) is 136 cm³/mol. The number of carbonyl (C=O) groups is 2. The van der Waals surface area contributed by atoms with E-state index in [1.807, 2.05) is 50.4 Å². The highest BCUT2D eigenvalue weighted by Gasteiger charge is 2.34. The van der Waals surface area contributed by atoms with Gasteiger partial charge in [-0.1, -0.05) is 43.7 Å². The first-order valence-corrected chi connectivity index (χ1v) is 12.8. The number of amides is 2. The van der Waals surface area contributed by atoms with E-state index < -0.39 is 5.82 Å². The van der Waals surface area contributed by atoms with E-state index in [9.17, 15) is 14.0 Å². The summed E-state index contributed by atoms with van der Waals surface area (Å²) in [5, 5.41) is 2.01. The van der Waals surface area contributed by atoms with E-state index in [1.54, 1.807) is 45.4 Å². The molecule has 0 saturated heterocycles. The summed E-state index contributed by atoms with van der Waals surface area (Å²) >= 11 is 1.66. The molecule has 0 N–H and O–H groups in total. The Labute approximate surface area is 210 Å². The predicted octanol–water partition coefficient (Wildman–Crippen LogP) is 5.50. The van der Waals surface area contributed by atoms with Crippen molar-refractivity contribution in [3.05, 3.63) is 87.4 Å². The van der Waals surface area contributed by atoms with Crippen LogP contribution in [0.3, 0.4) is 0 Å². The van der Waals surface area contributed by atoms with Gasteiger partial charge in [-0.25, -0.2) is 4.39 Å². The van der Waals surface area contributed by atoms with E-state index in [0.29, 0.717) is 18.7 Å². The highest BCUT2D eigenvalue weighted by molar-refractivity contribution is 7.10. The van der Waals surface area contributed by atoms with Crippen molar-refractivity contribution in [2.45, 2.75) is 33.2 Å². The maximum Gasteiger partial charge on any atom is 0.254 e. The second-order valence-corrected chi connectivity index (χ2v) is 10.3. The van der Waals surface area contributed by atoms with Gasteiger partial charge in [0, 0.05) is 23.5 Å². The zero-order valence-electron chi connectivity index (χ0n) is 20.4. The maximum atomic E-state index is 14.2. The largest absolute Gasteiger partial charge is 0.488 e. The zero-order chi connectivity index (χ0) is 24.9. The molecular weight excluding hydrogens is 463 g/mol. The van der Waals surface area contributed by atoms with Crippen molar-refractivity contribution in [2.75, 3.05) is 26.2 Å². The molecule has 35 heavy (non-hydrogen) atoms. The number of nitrogens with zero attached hydrogens (tertiary/aromatic N) is 2. The Bertz CT molecular complexity index is 1190. The van der Waals surface area contributed by atoms with Gasteiger partial charge in [-0.05, 0) is 60.5 Å². The smallest absolute Gasteiger partial charge is 0.254 e. The number of hydrogen-bond donors (Lipinski definition) is 0. The third-order valence-corrected chi connectivity index (χ3v) is 7.11. The average molecular weight is 495 g/mol. The van der Waals surface area contributed by atoms with Gasteiger partial charge in [0.05, 0.1) is 6.04 Å². The van der Waals surface area contributed by atoms with Gasteiger partial charge < -0.3 is 14.5 Å². The van der Waals surface area contributed by atoms with Crippen LogP contribution < -0.4 is 4.74 Å². The first-order chi connectivity index (χ1) is 16.8. The lowest BCUT2D eigenvalue weighted by atomic mass is 10.00. The first-order valence-electron chi connectivity index (χ1n) is 11.9. The van der Waals surface area contributed by atoms with E-state index in [0.717, 1.165) is 17.5 Å². The van der Waals surface area contributed by atoms with Crippen LogP contribution in [0.1, 0.15) is 46.3 Å². The summed E-state index contributed by atoms with van der Waals surface area (Å²) in [6, 6.07) is 15.4.